The summed E-state index contributed by atoms with van der Waals surface area (Å²) in [6.07, 6.45) is -4.43. The molecule has 1 fully saturated rings. The predicted octanol–water partition coefficient (Wildman–Crippen LogP) is 5.17. The zero-order chi connectivity index (χ0) is 34.8. The summed E-state index contributed by atoms with van der Waals surface area (Å²) in [4.78, 5) is 64.6. The molecule has 1 aromatic carbocycles. The van der Waals surface area contributed by atoms with Crippen LogP contribution < -0.4 is 9.64 Å². The van der Waals surface area contributed by atoms with Gasteiger partial charge >= 0.3 is 23.9 Å². The van der Waals surface area contributed by atoms with Crippen molar-refractivity contribution in [2.24, 2.45) is 5.92 Å². The summed E-state index contributed by atoms with van der Waals surface area (Å²) in [6.45, 7) is 11.7. The van der Waals surface area contributed by atoms with Crippen molar-refractivity contribution in [2.45, 2.75) is 104 Å². The molecule has 2 aromatic rings. The van der Waals surface area contributed by atoms with E-state index in [4.69, 9.17) is 40.0 Å². The van der Waals surface area contributed by atoms with Gasteiger partial charge in [-0.05, 0) is 50.6 Å². The molecule has 0 radical (unpaired) electrons. The van der Waals surface area contributed by atoms with E-state index in [-0.39, 0.29) is 36.5 Å². The number of nitrogens with zero attached hydrogens (tertiary/aromatic N) is 1. The molecule has 1 aromatic heterocycles. The van der Waals surface area contributed by atoms with Crippen molar-refractivity contribution < 1.29 is 52.4 Å². The SMILES string of the molecule is COC(=O)[C@H]1O[C@@H](Oc2cc3c(c4c(C)csc24)[C@H](CCl)CN3C(=O)CCCC(=O)OC(C)(C)C)[C@H](OC(C)=O)[C@@H](OC(C)=O)[C@@H]1C. The molecule has 0 bridgehead atoms. The Morgan fingerprint density at radius 3 is 2.32 bits per heavy atom. The Morgan fingerprint density at radius 2 is 1.72 bits per heavy atom. The van der Waals surface area contributed by atoms with Gasteiger partial charge in [0.25, 0.3) is 0 Å². The molecule has 12 nitrogen and oxygen atoms in total. The number of ether oxygens (including phenoxy) is 6. The van der Waals surface area contributed by atoms with Crippen LogP contribution in [0.5, 0.6) is 5.75 Å². The molecule has 1 saturated heterocycles. The molecule has 2 aliphatic rings. The van der Waals surface area contributed by atoms with Gasteiger partial charge in [0.1, 0.15) is 11.4 Å². The van der Waals surface area contributed by atoms with E-state index < -0.39 is 54.0 Å². The zero-order valence-corrected chi connectivity index (χ0v) is 29.5. The second-order valence-electron chi connectivity index (χ2n) is 12.8. The first-order valence-corrected chi connectivity index (χ1v) is 16.8. The highest BCUT2D eigenvalue weighted by Crippen LogP contribution is 2.49. The number of rotatable bonds is 10. The first-order chi connectivity index (χ1) is 22.1. The third kappa shape index (κ3) is 8.18. The summed E-state index contributed by atoms with van der Waals surface area (Å²) in [5.41, 5.74) is 1.82. The molecular formula is C33H42ClNO11S. The lowest BCUT2D eigenvalue weighted by molar-refractivity contribution is -0.266. The van der Waals surface area contributed by atoms with E-state index in [1.165, 1.54) is 32.3 Å². The lowest BCUT2D eigenvalue weighted by atomic mass is 9.90. The maximum atomic E-state index is 13.6. The molecule has 3 heterocycles. The Balaban J connectivity index is 1.72. The number of fused-ring (bicyclic) bond motifs is 3. The number of methoxy groups -OCH3 is 1. The maximum Gasteiger partial charge on any atom is 0.335 e. The third-order valence-corrected chi connectivity index (χ3v) is 9.43. The lowest BCUT2D eigenvalue weighted by Crippen LogP contribution is -2.60. The van der Waals surface area contributed by atoms with Crippen LogP contribution in [0, 0.1) is 12.8 Å². The van der Waals surface area contributed by atoms with Crippen molar-refractivity contribution in [3.05, 3.63) is 22.6 Å². The molecule has 0 unspecified atom stereocenters. The van der Waals surface area contributed by atoms with Gasteiger partial charge in [-0.25, -0.2) is 4.79 Å². The van der Waals surface area contributed by atoms with E-state index in [0.29, 0.717) is 24.4 Å². The van der Waals surface area contributed by atoms with Crippen LogP contribution in [0.25, 0.3) is 10.1 Å². The number of carbonyl (C=O) groups excluding carboxylic acids is 5. The number of alkyl halides is 1. The Labute approximate surface area is 282 Å². The van der Waals surface area contributed by atoms with Gasteiger partial charge in [0, 0.05) is 62.4 Å². The second-order valence-corrected chi connectivity index (χ2v) is 14.0. The maximum absolute atomic E-state index is 13.6. The molecule has 0 aliphatic carbocycles. The predicted molar refractivity (Wildman–Crippen MR) is 174 cm³/mol. The van der Waals surface area contributed by atoms with Crippen LogP contribution >= 0.6 is 22.9 Å². The fourth-order valence-corrected chi connectivity index (χ4v) is 7.30. The van der Waals surface area contributed by atoms with Crippen LogP contribution in [0.4, 0.5) is 5.69 Å². The van der Waals surface area contributed by atoms with Gasteiger partial charge in [0.2, 0.25) is 18.3 Å². The van der Waals surface area contributed by atoms with Gasteiger partial charge < -0.3 is 33.3 Å². The van der Waals surface area contributed by atoms with Crippen LogP contribution in [-0.4, -0.2) is 79.5 Å². The molecule has 1 amide bonds. The van der Waals surface area contributed by atoms with Gasteiger partial charge in [-0.1, -0.05) is 6.92 Å². The first kappa shape index (κ1) is 36.4. The molecule has 47 heavy (non-hydrogen) atoms. The lowest BCUT2D eigenvalue weighted by Gasteiger charge is -2.42. The Kier molecular flexibility index (Phi) is 11.5. The van der Waals surface area contributed by atoms with Gasteiger partial charge in [-0.2, -0.15) is 0 Å². The monoisotopic (exact) mass is 695 g/mol. The highest BCUT2D eigenvalue weighted by atomic mass is 35.5. The van der Waals surface area contributed by atoms with Gasteiger partial charge in [0.15, 0.2) is 12.2 Å². The van der Waals surface area contributed by atoms with Crippen LogP contribution in [-0.2, 0) is 47.7 Å². The van der Waals surface area contributed by atoms with Crippen molar-refractivity contribution in [3.63, 3.8) is 0 Å². The highest BCUT2D eigenvalue weighted by molar-refractivity contribution is 7.17. The zero-order valence-electron chi connectivity index (χ0n) is 27.9. The Morgan fingerprint density at radius 1 is 1.06 bits per heavy atom. The summed E-state index contributed by atoms with van der Waals surface area (Å²) < 4.78 is 34.7. The number of amides is 1. The van der Waals surface area contributed by atoms with Gasteiger partial charge in [-0.3, -0.25) is 19.2 Å². The van der Waals surface area contributed by atoms with Crippen LogP contribution in [0.3, 0.4) is 0 Å². The number of hydrogen-bond acceptors (Lipinski definition) is 12. The van der Waals surface area contributed by atoms with Crippen molar-refractivity contribution in [1.82, 2.24) is 0 Å². The van der Waals surface area contributed by atoms with E-state index in [1.807, 2.05) is 12.3 Å². The number of halogens is 1. The molecule has 0 spiro atoms. The number of benzene rings is 1. The smallest absolute Gasteiger partial charge is 0.335 e. The minimum absolute atomic E-state index is 0.0967. The molecule has 6 atom stereocenters. The summed E-state index contributed by atoms with van der Waals surface area (Å²) in [7, 11) is 1.21. The average molecular weight is 696 g/mol. The van der Waals surface area contributed by atoms with Crippen LogP contribution in [0.1, 0.15) is 77.8 Å². The minimum Gasteiger partial charge on any atom is -0.467 e. The molecule has 2 aliphatic heterocycles. The molecule has 258 valence electrons. The fourth-order valence-electron chi connectivity index (χ4n) is 6.02. The Bertz CT molecular complexity index is 1530. The van der Waals surface area contributed by atoms with Crippen molar-refractivity contribution in [3.8, 4) is 5.75 Å². The Hall–Kier alpha value is -3.42. The number of esters is 4. The normalized spacial score (nSPS) is 24.0. The third-order valence-electron chi connectivity index (χ3n) is 7.94. The van der Waals surface area contributed by atoms with Crippen molar-refractivity contribution in [2.75, 3.05) is 24.4 Å². The summed E-state index contributed by atoms with van der Waals surface area (Å²) in [5.74, 6) is -2.95. The van der Waals surface area contributed by atoms with Crippen molar-refractivity contribution in [1.29, 1.82) is 0 Å². The van der Waals surface area contributed by atoms with Crippen LogP contribution in [0.15, 0.2) is 11.4 Å². The first-order valence-electron chi connectivity index (χ1n) is 15.4. The quantitative estimate of drug-likeness (QED) is 0.185. The second kappa shape index (κ2) is 14.8. The number of thiophene rings is 1. The molecule has 0 saturated carbocycles. The molecule has 14 heteroatoms. The molecular weight excluding hydrogens is 654 g/mol. The molecule has 0 N–H and O–H groups in total. The highest BCUT2D eigenvalue weighted by Gasteiger charge is 2.52. The van der Waals surface area contributed by atoms with E-state index in [0.717, 1.165) is 21.2 Å². The average Bonchev–Trinajstić information content (AvgIpc) is 3.54. The number of anilines is 1. The van der Waals surface area contributed by atoms with E-state index in [2.05, 4.69) is 0 Å². The number of aryl methyl sites for hydroxylation is 1. The largest absolute Gasteiger partial charge is 0.467 e. The summed E-state index contributed by atoms with van der Waals surface area (Å²) >= 11 is 7.86. The van der Waals surface area contributed by atoms with Gasteiger partial charge in [-0.15, -0.1) is 22.9 Å². The number of hydrogen-bond donors (Lipinski definition) is 0. The molecule has 4 rings (SSSR count). The number of carbonyl (C=O) groups is 5. The standard InChI is InChI=1S/C33H42ClNO11S/c1-16-15-47-30-22(44-32-29(43-19(4)37)27(42-18(3)36)17(2)28(45-32)31(40)41-8)12-21-26(25(16)30)20(13-34)14-35(21)23(38)10-9-11-24(39)46-33(5,6)7/h12,15,17,20,27-29,32H,9-11,13-14H2,1-8H3/t17-,20+,27-,28-,29+,32+/m0/s1. The summed E-state index contributed by atoms with van der Waals surface area (Å²) in [6, 6.07) is 1.71. The van der Waals surface area contributed by atoms with E-state index >= 15 is 0 Å². The fraction of sp³-hybridized carbons (Fsp3) is 0.606. The van der Waals surface area contributed by atoms with Gasteiger partial charge in [0.05, 0.1) is 17.5 Å². The van der Waals surface area contributed by atoms with E-state index in [1.54, 1.807) is 38.7 Å². The topological polar surface area (TPSA) is 144 Å². The summed E-state index contributed by atoms with van der Waals surface area (Å²) in [5, 5.41) is 2.83. The van der Waals surface area contributed by atoms with E-state index in [9.17, 15) is 24.0 Å². The minimum atomic E-state index is -1.39. The van der Waals surface area contributed by atoms with Crippen LogP contribution in [0.2, 0.25) is 0 Å². The van der Waals surface area contributed by atoms with Crippen molar-refractivity contribution >= 4 is 68.5 Å².